The zero-order valence-corrected chi connectivity index (χ0v) is 46.4. The highest BCUT2D eigenvalue weighted by molar-refractivity contribution is 7.98. The normalized spacial score (nSPS) is 16.1. The van der Waals surface area contributed by atoms with E-state index in [-0.39, 0.29) is 75.7 Å². The summed E-state index contributed by atoms with van der Waals surface area (Å²) in [6.07, 6.45) is 5.02. The number of aliphatic hydroxyl groups excluding tert-OH is 2. The highest BCUT2D eigenvalue weighted by Crippen LogP contribution is 2.19. The molecule has 0 spiro atoms. The topological polar surface area (TPSA) is 470 Å². The summed E-state index contributed by atoms with van der Waals surface area (Å²) in [5.41, 5.74) is 17.6. The third-order valence-electron chi connectivity index (χ3n) is 12.6. The van der Waals surface area contributed by atoms with Crippen LogP contribution in [0.3, 0.4) is 0 Å². The molecule has 30 heteroatoms. The van der Waals surface area contributed by atoms with E-state index in [0.29, 0.717) is 23.4 Å². The molecule has 0 unspecified atom stereocenters. The van der Waals surface area contributed by atoms with Crippen molar-refractivity contribution in [2.24, 2.45) is 34.0 Å². The van der Waals surface area contributed by atoms with Gasteiger partial charge in [0.05, 0.1) is 26.1 Å². The first-order valence-electron chi connectivity index (χ1n) is 26.1. The van der Waals surface area contributed by atoms with Gasteiger partial charge in [0, 0.05) is 37.8 Å². The number of aliphatic hydroxyl groups is 2. The summed E-state index contributed by atoms with van der Waals surface area (Å²) in [6.45, 7) is 4.64. The second-order valence-corrected chi connectivity index (χ2v) is 20.9. The number of nitrogens with zero attached hydrogens (tertiary/aromatic N) is 3. The van der Waals surface area contributed by atoms with Gasteiger partial charge in [-0.3, -0.25) is 48.1 Å². The van der Waals surface area contributed by atoms with Crippen LogP contribution < -0.4 is 59.7 Å². The number of aromatic nitrogens is 2. The number of aliphatic carboxylic acids is 1. The number of amides is 9. The molecular weight excluding hydrogens is 1070 g/mol. The van der Waals surface area contributed by atoms with Gasteiger partial charge < -0.3 is 90.0 Å². The molecule has 1 aliphatic heterocycles. The van der Waals surface area contributed by atoms with Crippen LogP contribution in [0, 0.1) is 11.8 Å². The van der Waals surface area contributed by atoms with Crippen molar-refractivity contribution < 1.29 is 68.4 Å². The molecule has 29 nitrogen and oxygen atoms in total. The number of imidazole rings is 1. The molecule has 0 radical (unpaired) electrons. The summed E-state index contributed by atoms with van der Waals surface area (Å²) in [5.74, 6) is -9.57. The fourth-order valence-electron chi connectivity index (χ4n) is 8.33. The number of phenols is 1. The largest absolute Gasteiger partial charge is 0.508 e. The molecule has 0 aliphatic carbocycles. The molecule has 9 atom stereocenters. The zero-order valence-electron chi connectivity index (χ0n) is 45.6. The van der Waals surface area contributed by atoms with Crippen molar-refractivity contribution in [3.8, 4) is 5.75 Å². The third kappa shape index (κ3) is 22.3. The first-order chi connectivity index (χ1) is 37.9. The van der Waals surface area contributed by atoms with Crippen molar-refractivity contribution in [3.05, 3.63) is 48.0 Å². The van der Waals surface area contributed by atoms with Crippen molar-refractivity contribution >= 4 is 76.9 Å². The number of benzene rings is 1. The minimum atomic E-state index is -1.58. The number of rotatable bonds is 34. The van der Waals surface area contributed by atoms with Crippen LogP contribution in [0.4, 0.5) is 0 Å². The van der Waals surface area contributed by atoms with E-state index in [1.807, 2.05) is 0 Å². The van der Waals surface area contributed by atoms with Crippen molar-refractivity contribution in [2.45, 2.75) is 133 Å². The number of aromatic amines is 1. The Morgan fingerprint density at radius 1 is 0.762 bits per heavy atom. The Hall–Kier alpha value is -7.57. The lowest BCUT2D eigenvalue weighted by molar-refractivity contribution is -0.142. The number of aromatic hydroxyl groups is 1. The molecule has 2 aromatic rings. The van der Waals surface area contributed by atoms with Gasteiger partial charge in [-0.2, -0.15) is 11.8 Å². The van der Waals surface area contributed by atoms with E-state index in [0.717, 1.165) is 0 Å². The zero-order chi connectivity index (χ0) is 59.6. The maximum Gasteiger partial charge on any atom is 0.326 e. The Morgan fingerprint density at radius 2 is 1.36 bits per heavy atom. The number of phenolic OH excluding ortho intramolecular Hbond substituents is 1. The summed E-state index contributed by atoms with van der Waals surface area (Å²) in [5, 5.41) is 59.7. The van der Waals surface area contributed by atoms with E-state index in [9.17, 15) is 68.4 Å². The van der Waals surface area contributed by atoms with Gasteiger partial charge in [-0.05, 0) is 80.1 Å². The second kappa shape index (κ2) is 33.8. The van der Waals surface area contributed by atoms with Gasteiger partial charge in [0.25, 0.3) is 0 Å². The van der Waals surface area contributed by atoms with Crippen molar-refractivity contribution in [3.63, 3.8) is 0 Å². The minimum absolute atomic E-state index is 0.0148. The summed E-state index contributed by atoms with van der Waals surface area (Å²) in [4.78, 5) is 147. The quantitative estimate of drug-likeness (QED) is 0.0178. The predicted molar refractivity (Wildman–Crippen MR) is 292 cm³/mol. The number of carboxylic acids is 1. The second-order valence-electron chi connectivity index (χ2n) is 19.9. The summed E-state index contributed by atoms with van der Waals surface area (Å²) < 4.78 is 0. The number of aliphatic imine (C=N–C) groups is 1. The number of thioether (sulfide) groups is 1. The molecule has 0 bridgehead atoms. The Balaban J connectivity index is 1.78. The molecule has 1 fully saturated rings. The maximum absolute atomic E-state index is 14.1. The van der Waals surface area contributed by atoms with Crippen molar-refractivity contribution in [2.75, 3.05) is 44.9 Å². The lowest BCUT2D eigenvalue weighted by Gasteiger charge is -2.29. The van der Waals surface area contributed by atoms with Crippen LogP contribution in [0.5, 0.6) is 5.75 Å². The highest BCUT2D eigenvalue weighted by atomic mass is 32.2. The van der Waals surface area contributed by atoms with Crippen molar-refractivity contribution in [1.82, 2.24) is 57.4 Å². The number of carbonyl (C=O) groups excluding carboxylic acids is 9. The fraction of sp³-hybridized carbons (Fsp3) is 0.600. The van der Waals surface area contributed by atoms with E-state index in [1.54, 1.807) is 34.0 Å². The summed E-state index contributed by atoms with van der Waals surface area (Å²) in [7, 11) is 0. The van der Waals surface area contributed by atoms with Crippen LogP contribution in [-0.4, -0.2) is 200 Å². The van der Waals surface area contributed by atoms with Crippen LogP contribution in [0.1, 0.15) is 77.5 Å². The van der Waals surface area contributed by atoms with E-state index in [1.165, 1.54) is 53.5 Å². The van der Waals surface area contributed by atoms with E-state index in [4.69, 9.17) is 17.2 Å². The first-order valence-corrected chi connectivity index (χ1v) is 27.5. The molecule has 1 aliphatic rings. The number of H-pyrrole nitrogens is 1. The van der Waals surface area contributed by atoms with E-state index < -0.39 is 139 Å². The van der Waals surface area contributed by atoms with Crippen LogP contribution >= 0.6 is 11.8 Å². The lowest BCUT2D eigenvalue weighted by atomic mass is 10.0. The monoisotopic (exact) mass is 1150 g/mol. The average Bonchev–Trinajstić information content (AvgIpc) is 4.13. The molecule has 1 aromatic heterocycles. The molecule has 80 heavy (non-hydrogen) atoms. The minimum Gasteiger partial charge on any atom is -0.508 e. The number of carbonyl (C=O) groups is 10. The maximum atomic E-state index is 14.1. The number of hydrogen-bond acceptors (Lipinski definition) is 17. The fourth-order valence-corrected chi connectivity index (χ4v) is 8.80. The molecule has 444 valence electrons. The standard InChI is InChI=1S/C50H79N15O14S/c1-26(2)18-34(61-45(74)37(24-67)63-46(75)38-9-7-16-65(38)48(77)31(51)23-66)43(72)59-32(8-6-15-55-50(52)53)42(71)64-40(27(3)4)47(76)56-22-39(69)58-35(19-28-10-12-30(68)13-11-28)44(73)60-33(14-17-80-5)41(70)62-36(49(78)79)20-29-21-54-25-57-29/h10-13,21,25-27,31-38,40,66-68H,6-9,14-20,22-24,51H2,1-5H3,(H,54,57)(H,56,76)(H,58,69)(H,59,72)(H,60,73)(H,61,74)(H,62,70)(H,63,75)(H,64,71)(H,78,79)(H4,52,53,55)/t31-,32-,33-,34-,35-,36-,37-,38-,40-/m0/s1. The SMILES string of the molecule is CSCC[C@H](NC(=O)[C@H](Cc1ccc(O)cc1)NC(=O)CNC(=O)[C@@H](NC(=O)[C@H](CCCN=C(N)N)NC(=O)[C@H](CC(C)C)NC(=O)[C@H](CO)NC(=O)[C@@H]1CCCN1C(=O)[C@@H](N)CO)C(C)C)C(=O)N[C@@H](Cc1cnc[nH]1)C(=O)O. The van der Waals surface area contributed by atoms with Gasteiger partial charge in [0.1, 0.15) is 60.1 Å². The van der Waals surface area contributed by atoms with E-state index >= 15 is 0 Å². The third-order valence-corrected chi connectivity index (χ3v) is 13.3. The molecular formula is C50H79N15O14S. The Bertz CT molecular complexity index is 2430. The summed E-state index contributed by atoms with van der Waals surface area (Å²) >= 11 is 1.37. The number of nitrogens with two attached hydrogens (primary N) is 3. The molecule has 19 N–H and O–H groups in total. The highest BCUT2D eigenvalue weighted by Gasteiger charge is 2.39. The van der Waals surface area contributed by atoms with E-state index in [2.05, 4.69) is 57.5 Å². The summed E-state index contributed by atoms with van der Waals surface area (Å²) in [6, 6.07) is -6.22. The van der Waals surface area contributed by atoms with Gasteiger partial charge in [0.2, 0.25) is 53.2 Å². The molecule has 0 saturated carbocycles. The molecule has 1 aromatic carbocycles. The molecule has 2 heterocycles. The van der Waals surface area contributed by atoms with Crippen LogP contribution in [-0.2, 0) is 60.8 Å². The number of nitrogens with one attached hydrogen (secondary N) is 9. The molecule has 1 saturated heterocycles. The van der Waals surface area contributed by atoms with Gasteiger partial charge >= 0.3 is 5.97 Å². The van der Waals surface area contributed by atoms with Gasteiger partial charge in [-0.25, -0.2) is 9.78 Å². The van der Waals surface area contributed by atoms with Crippen LogP contribution in [0.15, 0.2) is 41.8 Å². The van der Waals surface area contributed by atoms with Gasteiger partial charge in [0.15, 0.2) is 5.96 Å². The molecule has 9 amide bonds. The Labute approximate surface area is 467 Å². The number of carboxylic acid groups (broad SMARTS) is 1. The smallest absolute Gasteiger partial charge is 0.326 e. The first kappa shape index (κ1) is 66.7. The lowest BCUT2D eigenvalue weighted by Crippen LogP contribution is -2.60. The van der Waals surface area contributed by atoms with Gasteiger partial charge in [-0.1, -0.05) is 39.8 Å². The van der Waals surface area contributed by atoms with Gasteiger partial charge in [-0.15, -0.1) is 0 Å². The number of likely N-dealkylation sites (tertiary alicyclic amines) is 1. The number of guanidine groups is 1. The number of hydrogen-bond donors (Lipinski definition) is 16. The molecule has 3 rings (SSSR count). The Kier molecular flexibility index (Phi) is 28.2. The van der Waals surface area contributed by atoms with Crippen LogP contribution in [0.2, 0.25) is 0 Å². The predicted octanol–water partition coefficient (Wildman–Crippen LogP) is -4.69. The Morgan fingerprint density at radius 3 is 1.94 bits per heavy atom. The van der Waals surface area contributed by atoms with Crippen molar-refractivity contribution in [1.29, 1.82) is 0 Å². The van der Waals surface area contributed by atoms with Crippen LogP contribution in [0.25, 0.3) is 0 Å². The average molecular weight is 1150 g/mol.